The van der Waals surface area contributed by atoms with E-state index in [-0.39, 0.29) is 6.67 Å². The minimum atomic E-state index is -2.31. The van der Waals surface area contributed by atoms with Gasteiger partial charge in [-0.2, -0.15) is 0 Å². The zero-order chi connectivity index (χ0) is 39.0. The molecule has 0 fully saturated rings. The summed E-state index contributed by atoms with van der Waals surface area (Å²) >= 11 is 0. The first-order chi connectivity index (χ1) is 28.4. The van der Waals surface area contributed by atoms with Gasteiger partial charge in [0.05, 0.1) is 40.1 Å². The molecule has 0 saturated carbocycles. The summed E-state index contributed by atoms with van der Waals surface area (Å²) in [5.74, 6) is 2.12. The Kier molecular flexibility index (Phi) is 6.36. The molecule has 262 valence electrons. The smallest absolute Gasteiger partial charge is 0.139 e. The summed E-state index contributed by atoms with van der Waals surface area (Å²) < 4.78 is 36.1. The van der Waals surface area contributed by atoms with Crippen molar-refractivity contribution >= 4 is 60.7 Å². The number of pyridine rings is 1. The molecule has 4 heterocycles. The molecule has 6 heteroatoms. The second kappa shape index (κ2) is 12.4. The van der Waals surface area contributed by atoms with Crippen LogP contribution in [0.4, 0.5) is 17.1 Å². The van der Waals surface area contributed by atoms with E-state index < -0.39 is 6.98 Å². The van der Waals surface area contributed by atoms with Gasteiger partial charge in [0.15, 0.2) is 0 Å². The molecule has 55 heavy (non-hydrogen) atoms. The Labute approximate surface area is 322 Å². The van der Waals surface area contributed by atoms with Crippen molar-refractivity contribution in [2.75, 3.05) is 23.4 Å². The van der Waals surface area contributed by atoms with Crippen LogP contribution in [-0.2, 0) is 0 Å². The molecular weight excluding hydrogens is 675 g/mol. The maximum atomic E-state index is 8.32. The molecular formula is C49H35N5O. The third kappa shape index (κ3) is 5.06. The predicted octanol–water partition coefficient (Wildman–Crippen LogP) is 12.3. The van der Waals surface area contributed by atoms with Gasteiger partial charge in [-0.25, -0.2) is 4.98 Å². The van der Waals surface area contributed by atoms with E-state index in [0.29, 0.717) is 17.2 Å². The molecule has 0 saturated heterocycles. The molecule has 0 aliphatic carbocycles. The number of ether oxygens (including phenoxy) is 1. The summed E-state index contributed by atoms with van der Waals surface area (Å²) in [6.07, 6.45) is 1.99. The van der Waals surface area contributed by atoms with Gasteiger partial charge in [0, 0.05) is 68.4 Å². The SMILES string of the molecule is [2H]C([2H])([2H])N1CN(c2cccc(Oc3ccc4c5ccccc5n(-c5cc6c(cn5)c5ccccc5n6-c5ccccc5)c4c3)c2)c2cc(-c3ccccc3)ccc21. The Morgan fingerprint density at radius 1 is 0.491 bits per heavy atom. The summed E-state index contributed by atoms with van der Waals surface area (Å²) in [5, 5.41) is 4.46. The minimum absolute atomic E-state index is 0.181. The highest BCUT2D eigenvalue weighted by atomic mass is 16.5. The maximum absolute atomic E-state index is 8.32. The van der Waals surface area contributed by atoms with Gasteiger partial charge in [-0.05, 0) is 71.8 Å². The van der Waals surface area contributed by atoms with Crippen LogP contribution in [-0.4, -0.2) is 27.8 Å². The van der Waals surface area contributed by atoms with Crippen molar-refractivity contribution in [1.29, 1.82) is 0 Å². The average molecular weight is 713 g/mol. The fourth-order valence-corrected chi connectivity index (χ4v) is 8.23. The first kappa shape index (κ1) is 28.2. The van der Waals surface area contributed by atoms with Crippen molar-refractivity contribution in [3.05, 3.63) is 182 Å². The van der Waals surface area contributed by atoms with Crippen LogP contribution in [0.3, 0.4) is 0 Å². The Hall–Kier alpha value is -7.31. The number of rotatable bonds is 6. The lowest BCUT2D eigenvalue weighted by molar-refractivity contribution is 0.483. The summed E-state index contributed by atoms with van der Waals surface area (Å²) in [5.41, 5.74) is 9.72. The second-order valence-electron chi connectivity index (χ2n) is 13.9. The average Bonchev–Trinajstić information content (AvgIpc) is 3.92. The fourth-order valence-electron chi connectivity index (χ4n) is 8.23. The van der Waals surface area contributed by atoms with Crippen molar-refractivity contribution in [2.45, 2.75) is 0 Å². The summed E-state index contributed by atoms with van der Waals surface area (Å²) in [4.78, 5) is 8.62. The normalized spacial score (nSPS) is 13.7. The summed E-state index contributed by atoms with van der Waals surface area (Å²) in [7, 11) is 0. The largest absolute Gasteiger partial charge is 0.457 e. The number of nitrogens with zero attached hydrogens (tertiary/aromatic N) is 5. The minimum Gasteiger partial charge on any atom is -0.457 e. The van der Waals surface area contributed by atoms with Gasteiger partial charge >= 0.3 is 0 Å². The second-order valence-corrected chi connectivity index (χ2v) is 13.9. The lowest BCUT2D eigenvalue weighted by atomic mass is 10.0. The molecule has 6 nitrogen and oxygen atoms in total. The van der Waals surface area contributed by atoms with Crippen LogP contribution < -0.4 is 14.5 Å². The Morgan fingerprint density at radius 2 is 1.16 bits per heavy atom. The zero-order valence-electron chi connectivity index (χ0n) is 32.7. The van der Waals surface area contributed by atoms with Crippen molar-refractivity contribution in [3.8, 4) is 34.1 Å². The molecule has 3 aromatic heterocycles. The lowest BCUT2D eigenvalue weighted by Crippen LogP contribution is -2.23. The summed E-state index contributed by atoms with van der Waals surface area (Å²) in [6, 6.07) is 59.7. The third-order valence-electron chi connectivity index (χ3n) is 10.7. The highest BCUT2D eigenvalue weighted by Crippen LogP contribution is 2.44. The summed E-state index contributed by atoms with van der Waals surface area (Å²) in [6.45, 7) is -2.13. The van der Waals surface area contributed by atoms with Gasteiger partial charge in [0.2, 0.25) is 0 Å². The lowest BCUT2D eigenvalue weighted by Gasteiger charge is -2.20. The third-order valence-corrected chi connectivity index (χ3v) is 10.7. The van der Waals surface area contributed by atoms with Crippen LogP contribution >= 0.6 is 0 Å². The Balaban J connectivity index is 1.00. The molecule has 11 rings (SSSR count). The molecule has 10 aromatic rings. The monoisotopic (exact) mass is 712 g/mol. The van der Waals surface area contributed by atoms with E-state index in [1.54, 1.807) is 0 Å². The van der Waals surface area contributed by atoms with Crippen molar-refractivity contribution in [2.24, 2.45) is 0 Å². The Bertz CT molecular complexity index is 3190. The van der Waals surface area contributed by atoms with Crippen LogP contribution in [0.25, 0.3) is 66.2 Å². The fraction of sp³-hybridized carbons (Fsp3) is 0.0408. The van der Waals surface area contributed by atoms with E-state index in [1.165, 1.54) is 4.90 Å². The van der Waals surface area contributed by atoms with Crippen LogP contribution in [0, 0.1) is 0 Å². The molecule has 1 aliphatic rings. The van der Waals surface area contributed by atoms with Crippen molar-refractivity contribution in [3.63, 3.8) is 0 Å². The molecule has 0 N–H and O–H groups in total. The number of hydrogen-bond acceptors (Lipinski definition) is 4. The van der Waals surface area contributed by atoms with Crippen molar-refractivity contribution < 1.29 is 8.85 Å². The van der Waals surface area contributed by atoms with Crippen LogP contribution in [0.1, 0.15) is 4.11 Å². The van der Waals surface area contributed by atoms with Crippen LogP contribution in [0.2, 0.25) is 0 Å². The van der Waals surface area contributed by atoms with E-state index >= 15 is 0 Å². The molecule has 0 amide bonds. The number of fused-ring (bicyclic) bond motifs is 7. The molecule has 1 aliphatic heterocycles. The number of hydrogen-bond donors (Lipinski definition) is 0. The van der Waals surface area contributed by atoms with Gasteiger partial charge in [0.25, 0.3) is 0 Å². The number of aromatic nitrogens is 3. The molecule has 0 atom stereocenters. The maximum Gasteiger partial charge on any atom is 0.139 e. The quantitative estimate of drug-likeness (QED) is 0.172. The first-order valence-electron chi connectivity index (χ1n) is 19.9. The zero-order valence-corrected chi connectivity index (χ0v) is 29.7. The van der Waals surface area contributed by atoms with E-state index in [4.69, 9.17) is 13.8 Å². The molecule has 0 radical (unpaired) electrons. The topological polar surface area (TPSA) is 38.5 Å². The molecule has 0 unspecified atom stereocenters. The van der Waals surface area contributed by atoms with Gasteiger partial charge in [-0.15, -0.1) is 0 Å². The van der Waals surface area contributed by atoms with Crippen LogP contribution in [0.15, 0.2) is 182 Å². The van der Waals surface area contributed by atoms with Gasteiger partial charge in [-0.3, -0.25) is 4.57 Å². The van der Waals surface area contributed by atoms with Gasteiger partial charge < -0.3 is 19.1 Å². The van der Waals surface area contributed by atoms with E-state index in [2.05, 4.69) is 118 Å². The molecule has 0 spiro atoms. The molecule has 0 bridgehead atoms. The first-order valence-corrected chi connectivity index (χ1v) is 18.4. The van der Waals surface area contributed by atoms with Gasteiger partial charge in [0.1, 0.15) is 17.3 Å². The van der Waals surface area contributed by atoms with Gasteiger partial charge in [-0.1, -0.05) is 97.1 Å². The highest BCUT2D eigenvalue weighted by Gasteiger charge is 2.26. The Morgan fingerprint density at radius 3 is 1.98 bits per heavy atom. The van der Waals surface area contributed by atoms with E-state index in [9.17, 15) is 0 Å². The van der Waals surface area contributed by atoms with E-state index in [0.717, 1.165) is 77.6 Å². The number of para-hydroxylation sites is 3. The molecule has 7 aromatic carbocycles. The number of benzene rings is 7. The number of anilines is 3. The van der Waals surface area contributed by atoms with E-state index in [1.807, 2.05) is 77.8 Å². The predicted molar refractivity (Wildman–Crippen MR) is 227 cm³/mol. The standard InChI is InChI=1S/C49H35N5O/c1-51-32-52(48-27-34(23-26-45(48)51)33-13-4-2-5-14-33)36-17-12-18-37(28-36)55-38-24-25-41-39-19-8-11-22-44(39)54(46(41)29-38)49-30-47-42(31-50-49)40-20-9-10-21-43(40)53(47)35-15-6-3-7-16-35/h2-31H,32H2,1H3/i1D3. The van der Waals surface area contributed by atoms with Crippen molar-refractivity contribution in [1.82, 2.24) is 14.1 Å². The highest BCUT2D eigenvalue weighted by molar-refractivity contribution is 6.11. The van der Waals surface area contributed by atoms with Crippen LogP contribution in [0.5, 0.6) is 11.5 Å².